The molecule has 0 bridgehead atoms. The Labute approximate surface area is 140 Å². The number of rotatable bonds is 2. The van der Waals surface area contributed by atoms with Crippen molar-refractivity contribution in [3.8, 4) is 0 Å². The molecule has 0 amide bonds. The van der Waals surface area contributed by atoms with Crippen LogP contribution in [0.3, 0.4) is 0 Å². The van der Waals surface area contributed by atoms with E-state index >= 15 is 0 Å². The summed E-state index contributed by atoms with van der Waals surface area (Å²) in [5.74, 6) is 0.368. The van der Waals surface area contributed by atoms with Gasteiger partial charge in [0.25, 0.3) is 0 Å². The van der Waals surface area contributed by atoms with Crippen LogP contribution in [0, 0.1) is 18.8 Å². The van der Waals surface area contributed by atoms with E-state index in [4.69, 9.17) is 0 Å². The highest BCUT2D eigenvalue weighted by Crippen LogP contribution is 2.42. The summed E-state index contributed by atoms with van der Waals surface area (Å²) in [5, 5.41) is 0. The molecule has 0 radical (unpaired) electrons. The normalized spacial score (nSPS) is 33.0. The van der Waals surface area contributed by atoms with Gasteiger partial charge in [0.05, 0.1) is 15.8 Å². The molecule has 22 heavy (non-hydrogen) atoms. The molecule has 0 unspecified atom stereocenters. The summed E-state index contributed by atoms with van der Waals surface area (Å²) in [6.45, 7) is 4.39. The Balaban J connectivity index is 1.99. The van der Waals surface area contributed by atoms with Crippen LogP contribution in [-0.4, -0.2) is 35.9 Å². The van der Waals surface area contributed by atoms with Crippen molar-refractivity contribution in [3.63, 3.8) is 0 Å². The topological polar surface area (TPSA) is 54.5 Å². The van der Waals surface area contributed by atoms with Gasteiger partial charge < -0.3 is 0 Å². The third-order valence-electron chi connectivity index (χ3n) is 4.90. The minimum absolute atomic E-state index is 0.0105. The number of ketones is 1. The van der Waals surface area contributed by atoms with Gasteiger partial charge >= 0.3 is 0 Å². The van der Waals surface area contributed by atoms with Crippen LogP contribution in [0.15, 0.2) is 29.2 Å². The number of fused-ring (bicyclic) bond motifs is 1. The van der Waals surface area contributed by atoms with Crippen LogP contribution >= 0.6 is 15.9 Å². The van der Waals surface area contributed by atoms with Crippen LogP contribution in [0.25, 0.3) is 0 Å². The summed E-state index contributed by atoms with van der Waals surface area (Å²) in [6.07, 6.45) is 1.69. The summed E-state index contributed by atoms with van der Waals surface area (Å²) >= 11 is 3.40. The maximum absolute atomic E-state index is 13.0. The first-order chi connectivity index (χ1) is 10.3. The quantitative estimate of drug-likeness (QED) is 0.735. The standard InChI is InChI=1S/C16H20BrNO3S/c1-10-3-5-12(6-4-10)22(20,21)18-9-11(2)13-7-8-14(17)16(19)15(13)18/h3-6,11,13-15H,7-9H2,1-2H3/t11-,13-,14-,15+/m1/s1. The summed E-state index contributed by atoms with van der Waals surface area (Å²) < 4.78 is 27.3. The van der Waals surface area contributed by atoms with E-state index in [9.17, 15) is 13.2 Å². The molecule has 0 aromatic heterocycles. The fraction of sp³-hybridized carbons (Fsp3) is 0.562. The number of alkyl halides is 1. The lowest BCUT2D eigenvalue weighted by Crippen LogP contribution is -2.48. The minimum atomic E-state index is -3.62. The largest absolute Gasteiger partial charge is 0.297 e. The monoisotopic (exact) mass is 385 g/mol. The highest BCUT2D eigenvalue weighted by Gasteiger charge is 2.52. The van der Waals surface area contributed by atoms with Gasteiger partial charge in [0.2, 0.25) is 10.0 Å². The van der Waals surface area contributed by atoms with Crippen LogP contribution in [0.1, 0.15) is 25.3 Å². The lowest BCUT2D eigenvalue weighted by atomic mass is 9.80. The molecule has 0 N–H and O–H groups in total. The lowest BCUT2D eigenvalue weighted by Gasteiger charge is -2.32. The van der Waals surface area contributed by atoms with Crippen molar-refractivity contribution >= 4 is 31.7 Å². The molecule has 1 aromatic rings. The SMILES string of the molecule is Cc1ccc(S(=O)(=O)N2C[C@@H](C)[C@H]3CC[C@@H](Br)C(=O)[C@H]32)cc1. The predicted molar refractivity (Wildman–Crippen MR) is 88.5 cm³/mol. The van der Waals surface area contributed by atoms with E-state index in [1.54, 1.807) is 24.3 Å². The van der Waals surface area contributed by atoms with Crippen LogP contribution in [0.5, 0.6) is 0 Å². The fourth-order valence-electron chi connectivity index (χ4n) is 3.61. The van der Waals surface area contributed by atoms with Gasteiger partial charge in [0.15, 0.2) is 5.78 Å². The highest BCUT2D eigenvalue weighted by atomic mass is 79.9. The molecule has 2 fully saturated rings. The second-order valence-corrected chi connectivity index (χ2v) is 9.42. The molecule has 2 aliphatic rings. The van der Waals surface area contributed by atoms with Gasteiger partial charge in [0.1, 0.15) is 0 Å². The van der Waals surface area contributed by atoms with Crippen molar-refractivity contribution in [3.05, 3.63) is 29.8 Å². The number of halogens is 1. The second-order valence-electron chi connectivity index (χ2n) is 6.42. The summed E-state index contributed by atoms with van der Waals surface area (Å²) in [5.41, 5.74) is 1.01. The Kier molecular flexibility index (Phi) is 4.20. The average molecular weight is 386 g/mol. The molecular formula is C16H20BrNO3S. The van der Waals surface area contributed by atoms with E-state index in [0.717, 1.165) is 18.4 Å². The Morgan fingerprint density at radius 2 is 1.82 bits per heavy atom. The molecule has 4 nitrogen and oxygen atoms in total. The van der Waals surface area contributed by atoms with Gasteiger partial charge in [-0.15, -0.1) is 0 Å². The van der Waals surface area contributed by atoms with Gasteiger partial charge in [0, 0.05) is 6.54 Å². The zero-order valence-corrected chi connectivity index (χ0v) is 15.1. The molecule has 120 valence electrons. The summed E-state index contributed by atoms with van der Waals surface area (Å²) in [6, 6.07) is 6.32. The average Bonchev–Trinajstić information content (AvgIpc) is 2.82. The maximum atomic E-state index is 13.0. The van der Waals surface area contributed by atoms with Gasteiger partial charge in [-0.3, -0.25) is 4.79 Å². The number of hydrogen-bond acceptors (Lipinski definition) is 3. The van der Waals surface area contributed by atoms with E-state index in [2.05, 4.69) is 15.9 Å². The molecule has 3 rings (SSSR count). The van der Waals surface area contributed by atoms with Crippen LogP contribution in [-0.2, 0) is 14.8 Å². The van der Waals surface area contributed by atoms with Crippen LogP contribution in [0.4, 0.5) is 0 Å². The Bertz CT molecular complexity index is 686. The van der Waals surface area contributed by atoms with Crippen LogP contribution < -0.4 is 0 Å². The smallest absolute Gasteiger partial charge is 0.243 e. The summed E-state index contributed by atoms with van der Waals surface area (Å²) in [7, 11) is -3.62. The molecule has 4 atom stereocenters. The molecule has 1 saturated heterocycles. The Morgan fingerprint density at radius 3 is 2.45 bits per heavy atom. The number of carbonyl (C=O) groups excluding carboxylic acids is 1. The first kappa shape index (κ1) is 16.1. The number of hydrogen-bond donors (Lipinski definition) is 0. The fourth-order valence-corrected chi connectivity index (χ4v) is 5.89. The molecule has 1 aliphatic heterocycles. The Morgan fingerprint density at radius 1 is 1.18 bits per heavy atom. The van der Waals surface area contributed by atoms with Crippen LogP contribution in [0.2, 0.25) is 0 Å². The van der Waals surface area contributed by atoms with E-state index in [1.807, 2.05) is 13.8 Å². The number of benzene rings is 1. The number of nitrogens with zero attached hydrogens (tertiary/aromatic N) is 1. The number of aryl methyl sites for hydroxylation is 1. The molecular weight excluding hydrogens is 366 g/mol. The van der Waals surface area contributed by atoms with Gasteiger partial charge in [-0.25, -0.2) is 8.42 Å². The zero-order chi connectivity index (χ0) is 16.1. The van der Waals surface area contributed by atoms with E-state index in [1.165, 1.54) is 4.31 Å². The molecule has 1 aliphatic carbocycles. The zero-order valence-electron chi connectivity index (χ0n) is 12.7. The number of sulfonamides is 1. The highest BCUT2D eigenvalue weighted by molar-refractivity contribution is 9.10. The number of carbonyl (C=O) groups is 1. The van der Waals surface area contributed by atoms with Gasteiger partial charge in [-0.1, -0.05) is 40.5 Å². The molecule has 0 spiro atoms. The molecule has 1 saturated carbocycles. The van der Waals surface area contributed by atoms with Gasteiger partial charge in [-0.05, 0) is 43.7 Å². The summed E-state index contributed by atoms with van der Waals surface area (Å²) in [4.78, 5) is 12.6. The van der Waals surface area contributed by atoms with Crippen molar-refractivity contribution in [2.45, 2.75) is 42.5 Å². The second kappa shape index (κ2) is 5.73. The maximum Gasteiger partial charge on any atom is 0.243 e. The van der Waals surface area contributed by atoms with Gasteiger partial charge in [-0.2, -0.15) is 4.31 Å². The van der Waals surface area contributed by atoms with Crippen molar-refractivity contribution < 1.29 is 13.2 Å². The predicted octanol–water partition coefficient (Wildman–Crippen LogP) is 2.75. The van der Waals surface area contributed by atoms with Crippen molar-refractivity contribution in [2.24, 2.45) is 11.8 Å². The van der Waals surface area contributed by atoms with Crippen molar-refractivity contribution in [2.75, 3.05) is 6.54 Å². The van der Waals surface area contributed by atoms with E-state index < -0.39 is 16.1 Å². The minimum Gasteiger partial charge on any atom is -0.297 e. The van der Waals surface area contributed by atoms with E-state index in [0.29, 0.717) is 6.54 Å². The van der Waals surface area contributed by atoms with E-state index in [-0.39, 0.29) is 27.3 Å². The number of Topliss-reactive ketones (excluding diaryl/α,β-unsaturated/α-hetero) is 1. The Hall–Kier alpha value is -0.720. The third-order valence-corrected chi connectivity index (χ3v) is 7.67. The molecule has 6 heteroatoms. The van der Waals surface area contributed by atoms with Crippen molar-refractivity contribution in [1.82, 2.24) is 4.31 Å². The van der Waals surface area contributed by atoms with Crippen molar-refractivity contribution in [1.29, 1.82) is 0 Å². The molecule has 1 heterocycles. The first-order valence-electron chi connectivity index (χ1n) is 7.58. The lowest BCUT2D eigenvalue weighted by molar-refractivity contribution is -0.124. The first-order valence-corrected chi connectivity index (χ1v) is 9.94. The molecule has 1 aromatic carbocycles. The third kappa shape index (κ3) is 2.55.